The van der Waals surface area contributed by atoms with Crippen LogP contribution in [-0.4, -0.2) is 66.7 Å². The molecule has 3 atom stereocenters. The van der Waals surface area contributed by atoms with Gasteiger partial charge in [0.2, 0.25) is 18.6 Å². The lowest BCUT2D eigenvalue weighted by atomic mass is 9.84. The molecular formula is C34H48FN3O4. The number of anilines is 1. The molecule has 1 aliphatic carbocycles. The van der Waals surface area contributed by atoms with Gasteiger partial charge in [0.25, 0.3) is 0 Å². The lowest BCUT2D eigenvalue weighted by Gasteiger charge is -2.35. The summed E-state index contributed by atoms with van der Waals surface area (Å²) in [5.74, 6) is 2.48. The first-order valence-electron chi connectivity index (χ1n) is 16.2. The first kappa shape index (κ1) is 30.6. The maximum absolute atomic E-state index is 14.3. The van der Waals surface area contributed by atoms with E-state index in [0.717, 1.165) is 94.6 Å². The highest BCUT2D eigenvalue weighted by Gasteiger charge is 2.39. The van der Waals surface area contributed by atoms with Crippen molar-refractivity contribution in [1.82, 2.24) is 9.80 Å². The van der Waals surface area contributed by atoms with E-state index in [1.807, 2.05) is 15.9 Å². The van der Waals surface area contributed by atoms with Gasteiger partial charge < -0.3 is 19.3 Å². The molecule has 3 aliphatic heterocycles. The summed E-state index contributed by atoms with van der Waals surface area (Å²) in [4.78, 5) is 33.2. The summed E-state index contributed by atoms with van der Waals surface area (Å²) < 4.78 is 25.5. The molecular weight excluding hydrogens is 533 g/mol. The van der Waals surface area contributed by atoms with Crippen LogP contribution in [0.4, 0.5) is 10.1 Å². The SMILES string of the molecule is CCCC(CCC)N(C(=O)CN1C[C@H](C2C=C3OCOC3=CC2)C[C@@H]1CCN1CCCCC1=O)c1ccc(F)c(C)c1. The van der Waals surface area contributed by atoms with Crippen molar-refractivity contribution in [1.29, 1.82) is 0 Å². The number of carbonyl (C=O) groups is 2. The van der Waals surface area contributed by atoms with Gasteiger partial charge in [-0.3, -0.25) is 14.5 Å². The second-order valence-corrected chi connectivity index (χ2v) is 12.5. The lowest BCUT2D eigenvalue weighted by molar-refractivity contribution is -0.133. The van der Waals surface area contributed by atoms with E-state index in [4.69, 9.17) is 9.47 Å². The van der Waals surface area contributed by atoms with Crippen molar-refractivity contribution in [2.45, 2.75) is 97.1 Å². The van der Waals surface area contributed by atoms with Crippen LogP contribution < -0.4 is 4.90 Å². The molecule has 8 heteroatoms. The van der Waals surface area contributed by atoms with E-state index in [0.29, 0.717) is 30.4 Å². The van der Waals surface area contributed by atoms with Gasteiger partial charge in [0.05, 0.1) is 6.54 Å². The van der Waals surface area contributed by atoms with Crippen LogP contribution >= 0.6 is 0 Å². The third kappa shape index (κ3) is 7.01. The predicted octanol–water partition coefficient (Wildman–Crippen LogP) is 6.32. The third-order valence-corrected chi connectivity index (χ3v) is 9.57. The number of allylic oxidation sites excluding steroid dienone is 2. The van der Waals surface area contributed by atoms with Crippen LogP contribution in [0.1, 0.15) is 83.6 Å². The molecule has 3 saturated heterocycles. The lowest BCUT2D eigenvalue weighted by Crippen LogP contribution is -2.48. The molecule has 5 rings (SSSR count). The van der Waals surface area contributed by atoms with Gasteiger partial charge in [-0.15, -0.1) is 0 Å². The second kappa shape index (κ2) is 14.1. The Kier molecular flexibility index (Phi) is 10.2. The molecule has 0 saturated carbocycles. The van der Waals surface area contributed by atoms with E-state index >= 15 is 0 Å². The van der Waals surface area contributed by atoms with Crippen molar-refractivity contribution >= 4 is 17.5 Å². The quantitative estimate of drug-likeness (QED) is 0.289. The van der Waals surface area contributed by atoms with Crippen LogP contribution in [-0.2, 0) is 19.1 Å². The van der Waals surface area contributed by atoms with E-state index in [1.165, 1.54) is 6.07 Å². The summed E-state index contributed by atoms with van der Waals surface area (Å²) in [7, 11) is 0. The Morgan fingerprint density at radius 1 is 1.14 bits per heavy atom. The molecule has 0 radical (unpaired) electrons. The van der Waals surface area contributed by atoms with E-state index in [2.05, 4.69) is 30.9 Å². The van der Waals surface area contributed by atoms with E-state index < -0.39 is 0 Å². The minimum absolute atomic E-state index is 0.0734. The van der Waals surface area contributed by atoms with Crippen LogP contribution in [0.5, 0.6) is 0 Å². The number of benzene rings is 1. The number of nitrogens with zero attached hydrogens (tertiary/aromatic N) is 3. The number of carbonyl (C=O) groups excluding carboxylic acids is 2. The number of amides is 2. The molecule has 0 aromatic heterocycles. The van der Waals surface area contributed by atoms with Gasteiger partial charge >= 0.3 is 0 Å². The van der Waals surface area contributed by atoms with Crippen molar-refractivity contribution < 1.29 is 23.5 Å². The van der Waals surface area contributed by atoms with E-state index in [9.17, 15) is 14.0 Å². The fraction of sp³-hybridized carbons (Fsp3) is 0.647. The molecule has 3 heterocycles. The Balaban J connectivity index is 1.36. The van der Waals surface area contributed by atoms with Crippen LogP contribution in [0.3, 0.4) is 0 Å². The van der Waals surface area contributed by atoms with Crippen LogP contribution in [0, 0.1) is 24.6 Å². The molecule has 42 heavy (non-hydrogen) atoms. The number of halogens is 1. The molecule has 4 aliphatic rings. The topological polar surface area (TPSA) is 62.3 Å². The summed E-state index contributed by atoms with van der Waals surface area (Å²) in [6, 6.07) is 5.35. The molecule has 0 bridgehead atoms. The summed E-state index contributed by atoms with van der Waals surface area (Å²) in [6.07, 6.45) is 13.6. The molecule has 0 N–H and O–H groups in total. The Morgan fingerprint density at radius 2 is 1.93 bits per heavy atom. The largest absolute Gasteiger partial charge is 0.454 e. The van der Waals surface area contributed by atoms with Crippen molar-refractivity contribution in [3.05, 3.63) is 53.3 Å². The summed E-state index contributed by atoms with van der Waals surface area (Å²) in [6.45, 7) is 9.06. The Morgan fingerprint density at radius 3 is 2.67 bits per heavy atom. The van der Waals surface area contributed by atoms with E-state index in [1.54, 1.807) is 13.0 Å². The van der Waals surface area contributed by atoms with Crippen molar-refractivity contribution in [3.63, 3.8) is 0 Å². The van der Waals surface area contributed by atoms with Gasteiger partial charge in [0.15, 0.2) is 11.5 Å². The minimum atomic E-state index is -0.251. The van der Waals surface area contributed by atoms with Crippen molar-refractivity contribution in [2.24, 2.45) is 11.8 Å². The zero-order valence-corrected chi connectivity index (χ0v) is 25.7. The first-order chi connectivity index (χ1) is 20.4. The summed E-state index contributed by atoms with van der Waals surface area (Å²) in [5.41, 5.74) is 1.34. The Bertz CT molecular complexity index is 1180. The highest BCUT2D eigenvalue weighted by Crippen LogP contribution is 2.39. The number of aryl methyl sites for hydroxylation is 1. The average molecular weight is 582 g/mol. The average Bonchev–Trinajstić information content (AvgIpc) is 3.61. The summed E-state index contributed by atoms with van der Waals surface area (Å²) in [5, 5.41) is 0. The van der Waals surface area contributed by atoms with Gasteiger partial charge in [-0.25, -0.2) is 4.39 Å². The van der Waals surface area contributed by atoms with Crippen LogP contribution in [0.15, 0.2) is 41.9 Å². The fourth-order valence-corrected chi connectivity index (χ4v) is 7.31. The fourth-order valence-electron chi connectivity index (χ4n) is 7.31. The van der Waals surface area contributed by atoms with Gasteiger partial charge in [-0.2, -0.15) is 0 Å². The van der Waals surface area contributed by atoms with Gasteiger partial charge in [0, 0.05) is 43.8 Å². The van der Waals surface area contributed by atoms with Gasteiger partial charge in [0.1, 0.15) is 5.82 Å². The number of hydrogen-bond acceptors (Lipinski definition) is 5. The zero-order chi connectivity index (χ0) is 29.6. The summed E-state index contributed by atoms with van der Waals surface area (Å²) >= 11 is 0. The standard InChI is InChI=1S/C34H48FN3O4/c1-4-8-27(9-5-2)38(29-12-13-30(35)24(3)18-29)34(40)22-37-21-26(25-11-14-31-32(20-25)42-23-41-31)19-28(37)15-17-36-16-7-6-10-33(36)39/h12-14,18,20,25-28H,4-11,15-17,19,21-23H2,1-3H3/t25?,26-,28+/m1/s1. The number of hydrogen-bond donors (Lipinski definition) is 0. The van der Waals surface area contributed by atoms with Crippen LogP contribution in [0.2, 0.25) is 0 Å². The monoisotopic (exact) mass is 581 g/mol. The van der Waals surface area contributed by atoms with Crippen molar-refractivity contribution in [2.75, 3.05) is 37.9 Å². The number of piperidine rings is 1. The molecule has 0 spiro atoms. The smallest absolute Gasteiger partial charge is 0.241 e. The minimum Gasteiger partial charge on any atom is -0.454 e. The molecule has 1 aromatic carbocycles. The second-order valence-electron chi connectivity index (χ2n) is 12.5. The van der Waals surface area contributed by atoms with Gasteiger partial charge in [-0.1, -0.05) is 26.7 Å². The highest BCUT2D eigenvalue weighted by atomic mass is 19.1. The molecule has 1 aromatic rings. The highest BCUT2D eigenvalue weighted by molar-refractivity contribution is 5.95. The van der Waals surface area contributed by atoms with Crippen molar-refractivity contribution in [3.8, 4) is 0 Å². The maximum Gasteiger partial charge on any atom is 0.241 e. The number of likely N-dealkylation sites (tertiary alicyclic amines) is 2. The zero-order valence-electron chi connectivity index (χ0n) is 25.7. The van der Waals surface area contributed by atoms with E-state index in [-0.39, 0.29) is 36.5 Å². The molecule has 1 unspecified atom stereocenters. The molecule has 230 valence electrons. The number of ether oxygens (including phenoxy) is 2. The predicted molar refractivity (Wildman–Crippen MR) is 162 cm³/mol. The molecule has 3 fully saturated rings. The third-order valence-electron chi connectivity index (χ3n) is 9.57. The Hall–Kier alpha value is -2.87. The molecule has 2 amide bonds. The van der Waals surface area contributed by atoms with Gasteiger partial charge in [-0.05, 0) is 99.6 Å². The Labute approximate surface area is 250 Å². The number of rotatable bonds is 12. The normalized spacial score (nSPS) is 24.3. The molecule has 7 nitrogen and oxygen atoms in total. The number of fused-ring (bicyclic) bond motifs is 1. The van der Waals surface area contributed by atoms with Crippen LogP contribution in [0.25, 0.3) is 0 Å². The maximum atomic E-state index is 14.3. The first-order valence-corrected chi connectivity index (χ1v) is 16.2.